The van der Waals surface area contributed by atoms with Crippen molar-refractivity contribution in [2.45, 2.75) is 33.4 Å². The number of fused-ring (bicyclic) bond motifs is 1. The van der Waals surface area contributed by atoms with Crippen molar-refractivity contribution in [2.75, 3.05) is 26.0 Å². The molecule has 1 aromatic heterocycles. The lowest BCUT2D eigenvalue weighted by Gasteiger charge is -2.21. The van der Waals surface area contributed by atoms with Crippen LogP contribution in [0.3, 0.4) is 0 Å². The molecule has 0 saturated carbocycles. The molecule has 1 unspecified atom stereocenters. The van der Waals surface area contributed by atoms with E-state index in [-0.39, 0.29) is 0 Å². The van der Waals surface area contributed by atoms with Gasteiger partial charge in [0.2, 0.25) is 0 Å². The second-order valence-electron chi connectivity index (χ2n) is 6.65. The summed E-state index contributed by atoms with van der Waals surface area (Å²) in [5.41, 5.74) is 2.23. The summed E-state index contributed by atoms with van der Waals surface area (Å²) in [4.78, 5) is 11.1. The molecule has 0 aliphatic rings. The number of anilines is 1. The van der Waals surface area contributed by atoms with Gasteiger partial charge < -0.3 is 15.5 Å². The number of nitrogens with zero attached hydrogens (tertiary/aromatic N) is 3. The Kier molecular flexibility index (Phi) is 6.01. The molecule has 0 saturated heterocycles. The summed E-state index contributed by atoms with van der Waals surface area (Å²) in [5.74, 6) is 2.33. The molecule has 0 aliphatic heterocycles. The lowest BCUT2D eigenvalue weighted by molar-refractivity contribution is 0.481. The Labute approximate surface area is 145 Å². The predicted molar refractivity (Wildman–Crippen MR) is 104 cm³/mol. The van der Waals surface area contributed by atoms with E-state index in [1.165, 1.54) is 10.9 Å². The number of aliphatic imine (C=N–C) groups is 1. The lowest BCUT2D eigenvalue weighted by Crippen LogP contribution is -2.43. The third kappa shape index (κ3) is 4.37. The SMILES string of the molecule is CN=C(NCc1cc(N(C)C)nc2ccccc12)NC(C)C(C)C. The Morgan fingerprint density at radius 2 is 1.92 bits per heavy atom. The number of aromatic nitrogens is 1. The molecular formula is C19H29N5. The molecule has 2 aromatic rings. The summed E-state index contributed by atoms with van der Waals surface area (Å²) < 4.78 is 0. The number of hydrogen-bond donors (Lipinski definition) is 2. The Morgan fingerprint density at radius 3 is 2.54 bits per heavy atom. The van der Waals surface area contributed by atoms with E-state index in [1.54, 1.807) is 7.05 Å². The highest BCUT2D eigenvalue weighted by Gasteiger charge is 2.11. The molecule has 1 heterocycles. The monoisotopic (exact) mass is 327 g/mol. The molecule has 1 aromatic carbocycles. The van der Waals surface area contributed by atoms with Crippen molar-refractivity contribution in [1.82, 2.24) is 15.6 Å². The van der Waals surface area contributed by atoms with E-state index in [4.69, 9.17) is 4.98 Å². The summed E-state index contributed by atoms with van der Waals surface area (Å²) in [5, 5.41) is 8.03. The van der Waals surface area contributed by atoms with Crippen LogP contribution >= 0.6 is 0 Å². The molecule has 0 bridgehead atoms. The summed E-state index contributed by atoms with van der Waals surface area (Å²) in [7, 11) is 5.83. The van der Waals surface area contributed by atoms with Crippen molar-refractivity contribution in [2.24, 2.45) is 10.9 Å². The van der Waals surface area contributed by atoms with Gasteiger partial charge in [-0.3, -0.25) is 4.99 Å². The molecule has 130 valence electrons. The number of rotatable bonds is 5. The highest BCUT2D eigenvalue weighted by Crippen LogP contribution is 2.21. The van der Waals surface area contributed by atoms with Crippen LogP contribution < -0.4 is 15.5 Å². The molecule has 0 fully saturated rings. The van der Waals surface area contributed by atoms with Gasteiger partial charge in [-0.15, -0.1) is 0 Å². The van der Waals surface area contributed by atoms with E-state index < -0.39 is 0 Å². The maximum absolute atomic E-state index is 4.71. The van der Waals surface area contributed by atoms with Crippen LogP contribution in [-0.4, -0.2) is 38.1 Å². The topological polar surface area (TPSA) is 52.6 Å². The molecule has 2 N–H and O–H groups in total. The van der Waals surface area contributed by atoms with Crippen LogP contribution in [0.15, 0.2) is 35.3 Å². The summed E-state index contributed by atoms with van der Waals surface area (Å²) in [6.45, 7) is 7.27. The Balaban J connectivity index is 2.22. The van der Waals surface area contributed by atoms with Crippen molar-refractivity contribution in [3.63, 3.8) is 0 Å². The quantitative estimate of drug-likeness (QED) is 0.655. The summed E-state index contributed by atoms with van der Waals surface area (Å²) in [6.07, 6.45) is 0. The molecule has 0 aliphatic carbocycles. The van der Waals surface area contributed by atoms with Crippen molar-refractivity contribution in [3.8, 4) is 0 Å². The van der Waals surface area contributed by atoms with Crippen LogP contribution in [0.1, 0.15) is 26.3 Å². The van der Waals surface area contributed by atoms with Crippen LogP contribution in [0, 0.1) is 5.92 Å². The fourth-order valence-electron chi connectivity index (χ4n) is 2.36. The molecular weight excluding hydrogens is 298 g/mol. The number of guanidine groups is 1. The largest absolute Gasteiger partial charge is 0.363 e. The number of para-hydroxylation sites is 1. The van der Waals surface area contributed by atoms with Crippen LogP contribution in [0.4, 0.5) is 5.82 Å². The van der Waals surface area contributed by atoms with E-state index in [1.807, 2.05) is 25.1 Å². The van der Waals surface area contributed by atoms with Gasteiger partial charge in [-0.1, -0.05) is 32.0 Å². The molecule has 5 nitrogen and oxygen atoms in total. The predicted octanol–water partition coefficient (Wildman–Crippen LogP) is 3.01. The lowest BCUT2D eigenvalue weighted by atomic mass is 10.1. The zero-order chi connectivity index (χ0) is 17.7. The van der Waals surface area contributed by atoms with Crippen molar-refractivity contribution < 1.29 is 0 Å². The van der Waals surface area contributed by atoms with E-state index in [9.17, 15) is 0 Å². The molecule has 0 amide bonds. The number of hydrogen-bond acceptors (Lipinski definition) is 3. The van der Waals surface area contributed by atoms with Gasteiger partial charge in [-0.05, 0) is 30.5 Å². The van der Waals surface area contributed by atoms with Gasteiger partial charge >= 0.3 is 0 Å². The Morgan fingerprint density at radius 1 is 1.21 bits per heavy atom. The van der Waals surface area contributed by atoms with Gasteiger partial charge in [0.25, 0.3) is 0 Å². The van der Waals surface area contributed by atoms with Gasteiger partial charge in [-0.25, -0.2) is 4.98 Å². The number of pyridine rings is 1. The zero-order valence-electron chi connectivity index (χ0n) is 15.6. The van der Waals surface area contributed by atoms with Gasteiger partial charge in [0.15, 0.2) is 5.96 Å². The van der Waals surface area contributed by atoms with Crippen LogP contribution in [0.2, 0.25) is 0 Å². The number of benzene rings is 1. The molecule has 5 heteroatoms. The first kappa shape index (κ1) is 18.0. The van der Waals surface area contributed by atoms with Gasteiger partial charge in [0.05, 0.1) is 5.52 Å². The smallest absolute Gasteiger partial charge is 0.191 e. The number of nitrogens with one attached hydrogen (secondary N) is 2. The first-order valence-electron chi connectivity index (χ1n) is 8.45. The molecule has 0 spiro atoms. The Bertz CT molecular complexity index is 706. The Hall–Kier alpha value is -2.30. The van der Waals surface area contributed by atoms with Gasteiger partial charge in [0.1, 0.15) is 5.82 Å². The van der Waals surface area contributed by atoms with Crippen LogP contribution in [-0.2, 0) is 6.54 Å². The molecule has 2 rings (SSSR count). The fourth-order valence-corrected chi connectivity index (χ4v) is 2.36. The highest BCUT2D eigenvalue weighted by molar-refractivity contribution is 5.85. The first-order chi connectivity index (χ1) is 11.4. The van der Waals surface area contributed by atoms with E-state index in [2.05, 4.69) is 60.7 Å². The van der Waals surface area contributed by atoms with Gasteiger partial charge in [0, 0.05) is 39.1 Å². The first-order valence-corrected chi connectivity index (χ1v) is 8.45. The standard InChI is InChI=1S/C19H29N5/c1-13(2)14(3)22-19(20-4)21-12-15-11-18(24(5)6)23-17-10-8-7-9-16(15)17/h7-11,13-14H,12H2,1-6H3,(H2,20,21,22). The second-order valence-corrected chi connectivity index (χ2v) is 6.65. The minimum Gasteiger partial charge on any atom is -0.363 e. The van der Waals surface area contributed by atoms with Crippen LogP contribution in [0.5, 0.6) is 0 Å². The summed E-state index contributed by atoms with van der Waals surface area (Å²) >= 11 is 0. The van der Waals surface area contributed by atoms with E-state index in [0.717, 1.165) is 17.3 Å². The molecule has 24 heavy (non-hydrogen) atoms. The van der Waals surface area contributed by atoms with Gasteiger partial charge in [-0.2, -0.15) is 0 Å². The minimum absolute atomic E-state index is 0.364. The maximum atomic E-state index is 4.71. The maximum Gasteiger partial charge on any atom is 0.191 e. The highest BCUT2D eigenvalue weighted by atomic mass is 15.2. The second kappa shape index (κ2) is 7.99. The fraction of sp³-hybridized carbons (Fsp3) is 0.474. The normalized spacial score (nSPS) is 13.2. The van der Waals surface area contributed by atoms with E-state index in [0.29, 0.717) is 18.5 Å². The van der Waals surface area contributed by atoms with Crippen LogP contribution in [0.25, 0.3) is 10.9 Å². The average Bonchev–Trinajstić information content (AvgIpc) is 2.57. The minimum atomic E-state index is 0.364. The van der Waals surface area contributed by atoms with Crippen molar-refractivity contribution in [3.05, 3.63) is 35.9 Å². The van der Waals surface area contributed by atoms with Crippen molar-refractivity contribution >= 4 is 22.7 Å². The third-order valence-electron chi connectivity index (χ3n) is 4.28. The zero-order valence-corrected chi connectivity index (χ0v) is 15.6. The average molecular weight is 327 g/mol. The molecule has 1 atom stereocenters. The third-order valence-corrected chi connectivity index (χ3v) is 4.28. The van der Waals surface area contributed by atoms with Crippen molar-refractivity contribution in [1.29, 1.82) is 0 Å². The van der Waals surface area contributed by atoms with E-state index >= 15 is 0 Å². The summed E-state index contributed by atoms with van der Waals surface area (Å²) in [6, 6.07) is 10.7. The molecule has 0 radical (unpaired) electrons.